The van der Waals surface area contributed by atoms with E-state index in [2.05, 4.69) is 22.9 Å². The first-order valence-electron chi connectivity index (χ1n) is 5.33. The van der Waals surface area contributed by atoms with Crippen molar-refractivity contribution in [1.82, 2.24) is 4.90 Å². The van der Waals surface area contributed by atoms with Crippen LogP contribution in [0.1, 0.15) is 25.1 Å². The summed E-state index contributed by atoms with van der Waals surface area (Å²) in [6.07, 6.45) is 1.37. The highest BCUT2D eigenvalue weighted by molar-refractivity contribution is 9.10. The van der Waals surface area contributed by atoms with Crippen LogP contribution in [0.3, 0.4) is 0 Å². The van der Waals surface area contributed by atoms with Crippen molar-refractivity contribution in [3.63, 3.8) is 0 Å². The van der Waals surface area contributed by atoms with E-state index < -0.39 is 0 Å². The van der Waals surface area contributed by atoms with Gasteiger partial charge < -0.3 is 0 Å². The van der Waals surface area contributed by atoms with Crippen LogP contribution in [0, 0.1) is 0 Å². The maximum atomic E-state index is 12.3. The van der Waals surface area contributed by atoms with Gasteiger partial charge in [-0.1, -0.05) is 6.92 Å². The summed E-state index contributed by atoms with van der Waals surface area (Å²) in [5.41, 5.74) is -0.351. The van der Waals surface area contributed by atoms with E-state index in [-0.39, 0.29) is 11.3 Å². The van der Waals surface area contributed by atoms with Crippen molar-refractivity contribution in [2.45, 2.75) is 32.2 Å². The van der Waals surface area contributed by atoms with Crippen LogP contribution in [0.5, 0.6) is 0 Å². The maximum Gasteiger partial charge on any atom is 0.157 e. The van der Waals surface area contributed by atoms with E-state index in [1.807, 2.05) is 37.4 Å². The Morgan fingerprint density at radius 3 is 2.56 bits per heavy atom. The van der Waals surface area contributed by atoms with Crippen LogP contribution in [-0.4, -0.2) is 30.3 Å². The van der Waals surface area contributed by atoms with E-state index in [4.69, 9.17) is 0 Å². The molecule has 0 saturated heterocycles. The molecule has 0 saturated carbocycles. The molecule has 1 rings (SSSR count). The number of carbonyl (C=O) groups excluding carboxylic acids is 1. The third-order valence-corrected chi connectivity index (χ3v) is 4.93. The van der Waals surface area contributed by atoms with E-state index in [1.165, 1.54) is 0 Å². The highest BCUT2D eigenvalue weighted by atomic mass is 79.9. The molecule has 90 valence electrons. The van der Waals surface area contributed by atoms with Crippen LogP contribution in [0.15, 0.2) is 15.9 Å². The molecular formula is C12H18BrNOS. The zero-order valence-corrected chi connectivity index (χ0v) is 12.6. The molecule has 1 aromatic rings. The third kappa shape index (κ3) is 2.93. The zero-order chi connectivity index (χ0) is 12.3. The van der Waals surface area contributed by atoms with Crippen molar-refractivity contribution in [1.29, 1.82) is 0 Å². The number of nitrogens with zero attached hydrogens (tertiary/aromatic N) is 1. The molecule has 2 nitrogen and oxygen atoms in total. The number of hydrogen-bond acceptors (Lipinski definition) is 3. The molecule has 1 aromatic heterocycles. The molecule has 0 N–H and O–H groups in total. The second kappa shape index (κ2) is 5.43. The van der Waals surface area contributed by atoms with Crippen molar-refractivity contribution < 1.29 is 4.79 Å². The van der Waals surface area contributed by atoms with Gasteiger partial charge in [0.2, 0.25) is 0 Å². The second-order valence-corrected chi connectivity index (χ2v) is 6.26. The topological polar surface area (TPSA) is 20.3 Å². The minimum Gasteiger partial charge on any atom is -0.297 e. The SMILES string of the molecule is CCC(C)(C(=O)Cc1cc(Br)cs1)N(C)C. The molecule has 1 unspecified atom stereocenters. The molecular weight excluding hydrogens is 286 g/mol. The molecule has 0 aliphatic rings. The number of thiophene rings is 1. The molecule has 0 aliphatic heterocycles. The van der Waals surface area contributed by atoms with Crippen LogP contribution >= 0.6 is 27.3 Å². The summed E-state index contributed by atoms with van der Waals surface area (Å²) in [5.74, 6) is 0.286. The highest BCUT2D eigenvalue weighted by Gasteiger charge is 2.33. The predicted octanol–water partition coefficient (Wildman–Crippen LogP) is 3.35. The number of Topliss-reactive ketones (excluding diaryl/α,β-unsaturated/α-hetero) is 1. The fourth-order valence-corrected chi connectivity index (χ4v) is 3.01. The first kappa shape index (κ1) is 13.9. The van der Waals surface area contributed by atoms with Crippen LogP contribution in [0.2, 0.25) is 0 Å². The molecule has 0 spiro atoms. The average Bonchev–Trinajstić information content (AvgIpc) is 2.62. The molecule has 0 aromatic carbocycles. The van der Waals surface area contributed by atoms with Gasteiger partial charge >= 0.3 is 0 Å². The smallest absolute Gasteiger partial charge is 0.157 e. The molecule has 1 atom stereocenters. The summed E-state index contributed by atoms with van der Waals surface area (Å²) in [7, 11) is 3.93. The van der Waals surface area contributed by atoms with Crippen molar-refractivity contribution in [3.8, 4) is 0 Å². The van der Waals surface area contributed by atoms with Crippen molar-refractivity contribution >= 4 is 33.0 Å². The van der Waals surface area contributed by atoms with Crippen molar-refractivity contribution in [2.24, 2.45) is 0 Å². The van der Waals surface area contributed by atoms with Crippen LogP contribution in [0.25, 0.3) is 0 Å². The van der Waals surface area contributed by atoms with Gasteiger partial charge in [0.15, 0.2) is 5.78 Å². The number of carbonyl (C=O) groups is 1. The Bertz CT molecular complexity index is 375. The lowest BCUT2D eigenvalue weighted by molar-refractivity contribution is -0.128. The van der Waals surface area contributed by atoms with E-state index in [0.29, 0.717) is 6.42 Å². The Hall–Kier alpha value is -0.190. The van der Waals surface area contributed by atoms with Gasteiger partial charge in [0, 0.05) is 21.2 Å². The molecule has 16 heavy (non-hydrogen) atoms. The quantitative estimate of drug-likeness (QED) is 0.831. The fraction of sp³-hybridized carbons (Fsp3) is 0.583. The maximum absolute atomic E-state index is 12.3. The lowest BCUT2D eigenvalue weighted by Gasteiger charge is -2.33. The fourth-order valence-electron chi connectivity index (χ4n) is 1.56. The average molecular weight is 304 g/mol. The predicted molar refractivity (Wildman–Crippen MR) is 73.1 cm³/mol. The van der Waals surface area contributed by atoms with Crippen LogP contribution in [0.4, 0.5) is 0 Å². The minimum atomic E-state index is -0.351. The van der Waals surface area contributed by atoms with E-state index in [1.54, 1.807) is 11.3 Å². The Labute approximate surface area is 110 Å². The monoisotopic (exact) mass is 303 g/mol. The first-order chi connectivity index (χ1) is 7.40. The number of rotatable bonds is 5. The molecule has 0 amide bonds. The molecule has 0 aliphatic carbocycles. The number of ketones is 1. The van der Waals surface area contributed by atoms with E-state index >= 15 is 0 Å². The number of hydrogen-bond donors (Lipinski definition) is 0. The first-order valence-corrected chi connectivity index (χ1v) is 7.01. The summed E-state index contributed by atoms with van der Waals surface area (Å²) in [6.45, 7) is 4.07. The molecule has 0 fully saturated rings. The van der Waals surface area contributed by atoms with E-state index in [0.717, 1.165) is 15.8 Å². The van der Waals surface area contributed by atoms with Gasteiger partial charge in [0.25, 0.3) is 0 Å². The molecule has 0 bridgehead atoms. The highest BCUT2D eigenvalue weighted by Crippen LogP contribution is 2.24. The lowest BCUT2D eigenvalue weighted by atomic mass is 9.89. The lowest BCUT2D eigenvalue weighted by Crippen LogP contribution is -2.48. The van der Waals surface area contributed by atoms with Gasteiger partial charge in [-0.3, -0.25) is 9.69 Å². The third-order valence-electron chi connectivity index (χ3n) is 3.23. The number of likely N-dealkylation sites (N-methyl/N-ethyl adjacent to an activating group) is 1. The summed E-state index contributed by atoms with van der Waals surface area (Å²) >= 11 is 5.04. The Balaban J connectivity index is 2.78. The number of halogens is 1. The van der Waals surface area contributed by atoms with Crippen LogP contribution < -0.4 is 0 Å². The normalized spacial score (nSPS) is 15.1. The molecule has 4 heteroatoms. The standard InChI is InChI=1S/C12H18BrNOS/c1-5-12(2,14(3)4)11(15)7-10-6-9(13)8-16-10/h6,8H,5,7H2,1-4H3. The largest absolute Gasteiger partial charge is 0.297 e. The molecule has 1 heterocycles. The molecule has 0 radical (unpaired) electrons. The summed E-state index contributed by atoms with van der Waals surface area (Å²) in [4.78, 5) is 15.4. The van der Waals surface area contributed by atoms with Gasteiger partial charge in [0.1, 0.15) is 0 Å². The van der Waals surface area contributed by atoms with Gasteiger partial charge in [-0.05, 0) is 49.4 Å². The van der Waals surface area contributed by atoms with Gasteiger partial charge in [0.05, 0.1) is 5.54 Å². The van der Waals surface area contributed by atoms with Crippen LogP contribution in [-0.2, 0) is 11.2 Å². The minimum absolute atomic E-state index is 0.286. The van der Waals surface area contributed by atoms with Gasteiger partial charge in [-0.2, -0.15) is 0 Å². The Morgan fingerprint density at radius 1 is 1.56 bits per heavy atom. The Morgan fingerprint density at radius 2 is 2.19 bits per heavy atom. The van der Waals surface area contributed by atoms with Crippen molar-refractivity contribution in [2.75, 3.05) is 14.1 Å². The summed E-state index contributed by atoms with van der Waals surface area (Å²) < 4.78 is 1.06. The Kier molecular flexibility index (Phi) is 4.71. The van der Waals surface area contributed by atoms with Gasteiger partial charge in [-0.25, -0.2) is 0 Å². The van der Waals surface area contributed by atoms with E-state index in [9.17, 15) is 4.79 Å². The summed E-state index contributed by atoms with van der Waals surface area (Å²) in [5, 5.41) is 2.02. The zero-order valence-electron chi connectivity index (χ0n) is 10.2. The van der Waals surface area contributed by atoms with Crippen molar-refractivity contribution in [3.05, 3.63) is 20.8 Å². The van der Waals surface area contributed by atoms with Gasteiger partial charge in [-0.15, -0.1) is 11.3 Å². The second-order valence-electron chi connectivity index (χ2n) is 4.35. The summed E-state index contributed by atoms with van der Waals surface area (Å²) in [6, 6.07) is 2.02.